The van der Waals surface area contributed by atoms with E-state index in [2.05, 4.69) is 70.6 Å². The average Bonchev–Trinajstić information content (AvgIpc) is 2.61. The number of nitrogens with one attached hydrogen (secondary N) is 2. The van der Waals surface area contributed by atoms with Gasteiger partial charge in [-0.05, 0) is 35.2 Å². The molecule has 25 heavy (non-hydrogen) atoms. The van der Waals surface area contributed by atoms with E-state index in [0.717, 1.165) is 23.0 Å². The van der Waals surface area contributed by atoms with Gasteiger partial charge in [-0.15, -0.1) is 0 Å². The maximum absolute atomic E-state index is 4.29. The lowest BCUT2D eigenvalue weighted by atomic mass is 9.87. The number of nitrogens with zero attached hydrogens (tertiary/aromatic N) is 3. The second kappa shape index (κ2) is 7.30. The molecule has 0 amide bonds. The van der Waals surface area contributed by atoms with Gasteiger partial charge in [0.25, 0.3) is 0 Å². The van der Waals surface area contributed by atoms with E-state index in [9.17, 15) is 0 Å². The summed E-state index contributed by atoms with van der Waals surface area (Å²) in [5, 5.41) is 6.58. The highest BCUT2D eigenvalue weighted by Gasteiger charge is 2.12. The lowest BCUT2D eigenvalue weighted by molar-refractivity contribution is 0.590. The fraction of sp³-hybridized carbons (Fsp3) is 0.250. The Bertz CT molecular complexity index is 807. The number of aromatic nitrogens is 3. The number of hydrogen-bond donors (Lipinski definition) is 2. The molecule has 2 N–H and O–H groups in total. The van der Waals surface area contributed by atoms with Crippen molar-refractivity contribution in [3.8, 4) is 0 Å². The Hall–Kier alpha value is -2.95. The molecular formula is C20H23N5. The number of pyridine rings is 1. The topological polar surface area (TPSA) is 62.7 Å². The third-order valence-corrected chi connectivity index (χ3v) is 3.87. The minimum absolute atomic E-state index is 0.149. The predicted octanol–water partition coefficient (Wildman–Crippen LogP) is 4.52. The summed E-state index contributed by atoms with van der Waals surface area (Å²) in [7, 11) is 0. The largest absolute Gasteiger partial charge is 0.364 e. The number of anilines is 3. The average molecular weight is 333 g/mol. The van der Waals surface area contributed by atoms with Crippen LogP contribution in [-0.4, -0.2) is 15.0 Å². The van der Waals surface area contributed by atoms with Crippen LogP contribution in [-0.2, 0) is 12.0 Å². The van der Waals surface area contributed by atoms with Crippen LogP contribution in [0.3, 0.4) is 0 Å². The van der Waals surface area contributed by atoms with Crippen LogP contribution in [0.5, 0.6) is 0 Å². The third-order valence-electron chi connectivity index (χ3n) is 3.87. The number of hydrogen-bond acceptors (Lipinski definition) is 5. The SMILES string of the molecule is CC(C)(C)c1ccc(Nc2cc(NCc3ccccn3)ncn2)cc1. The highest BCUT2D eigenvalue weighted by atomic mass is 15.1. The molecule has 0 aliphatic rings. The van der Waals surface area contributed by atoms with Gasteiger partial charge in [0, 0.05) is 18.0 Å². The minimum atomic E-state index is 0.149. The van der Waals surface area contributed by atoms with Crippen molar-refractivity contribution < 1.29 is 0 Å². The van der Waals surface area contributed by atoms with Gasteiger partial charge in [0.05, 0.1) is 12.2 Å². The van der Waals surface area contributed by atoms with Crippen molar-refractivity contribution in [2.75, 3.05) is 10.6 Å². The van der Waals surface area contributed by atoms with Crippen molar-refractivity contribution in [3.05, 3.63) is 72.3 Å². The van der Waals surface area contributed by atoms with E-state index in [-0.39, 0.29) is 5.41 Å². The Morgan fingerprint density at radius 2 is 1.64 bits per heavy atom. The van der Waals surface area contributed by atoms with Crippen LogP contribution in [0, 0.1) is 0 Å². The fourth-order valence-electron chi connectivity index (χ4n) is 2.41. The van der Waals surface area contributed by atoms with E-state index in [4.69, 9.17) is 0 Å². The van der Waals surface area contributed by atoms with Gasteiger partial charge in [-0.2, -0.15) is 0 Å². The summed E-state index contributed by atoms with van der Waals surface area (Å²) >= 11 is 0. The summed E-state index contributed by atoms with van der Waals surface area (Å²) in [4.78, 5) is 12.8. The van der Waals surface area contributed by atoms with Crippen LogP contribution >= 0.6 is 0 Å². The standard InChI is InChI=1S/C20H23N5/c1-20(2,3)15-7-9-16(10-8-15)25-19-12-18(23-14-24-19)22-13-17-6-4-5-11-21-17/h4-12,14H,13H2,1-3H3,(H2,22,23,24,25). The summed E-state index contributed by atoms with van der Waals surface area (Å²) in [6.07, 6.45) is 3.33. The molecule has 0 unspecified atom stereocenters. The van der Waals surface area contributed by atoms with Crippen molar-refractivity contribution >= 4 is 17.3 Å². The summed E-state index contributed by atoms with van der Waals surface area (Å²) in [5.74, 6) is 1.51. The van der Waals surface area contributed by atoms with Gasteiger partial charge in [0.2, 0.25) is 0 Å². The molecule has 0 aliphatic heterocycles. The highest BCUT2D eigenvalue weighted by Crippen LogP contribution is 2.24. The van der Waals surface area contributed by atoms with Gasteiger partial charge in [-0.25, -0.2) is 9.97 Å². The number of rotatable bonds is 5. The smallest absolute Gasteiger partial charge is 0.135 e. The molecule has 3 rings (SSSR count). The number of benzene rings is 1. The van der Waals surface area contributed by atoms with Crippen LogP contribution < -0.4 is 10.6 Å². The van der Waals surface area contributed by atoms with Crippen molar-refractivity contribution in [3.63, 3.8) is 0 Å². The maximum atomic E-state index is 4.29. The quantitative estimate of drug-likeness (QED) is 0.718. The Balaban J connectivity index is 1.65. The Labute approximate surface area is 148 Å². The summed E-state index contributed by atoms with van der Waals surface area (Å²) in [5.41, 5.74) is 3.42. The third kappa shape index (κ3) is 4.76. The van der Waals surface area contributed by atoms with Crippen LogP contribution in [0.2, 0.25) is 0 Å². The van der Waals surface area contributed by atoms with E-state index in [1.54, 1.807) is 12.5 Å². The molecule has 0 atom stereocenters. The van der Waals surface area contributed by atoms with Crippen LogP contribution in [0.25, 0.3) is 0 Å². The molecule has 0 fully saturated rings. The van der Waals surface area contributed by atoms with Gasteiger partial charge >= 0.3 is 0 Å². The van der Waals surface area contributed by atoms with Gasteiger partial charge in [-0.1, -0.05) is 39.0 Å². The van der Waals surface area contributed by atoms with E-state index in [1.807, 2.05) is 24.3 Å². The Morgan fingerprint density at radius 3 is 2.32 bits per heavy atom. The second-order valence-electron chi connectivity index (χ2n) is 6.92. The van der Waals surface area contributed by atoms with E-state index in [0.29, 0.717) is 6.54 Å². The first-order valence-corrected chi connectivity index (χ1v) is 8.34. The summed E-state index contributed by atoms with van der Waals surface area (Å²) in [6.45, 7) is 7.25. The zero-order valence-electron chi connectivity index (χ0n) is 14.8. The fourth-order valence-corrected chi connectivity index (χ4v) is 2.41. The van der Waals surface area contributed by atoms with Crippen molar-refractivity contribution in [2.45, 2.75) is 32.7 Å². The van der Waals surface area contributed by atoms with E-state index < -0.39 is 0 Å². The van der Waals surface area contributed by atoms with Crippen molar-refractivity contribution in [1.82, 2.24) is 15.0 Å². The first-order chi connectivity index (χ1) is 12.0. The predicted molar refractivity (Wildman–Crippen MR) is 102 cm³/mol. The van der Waals surface area contributed by atoms with Gasteiger partial charge in [0.15, 0.2) is 0 Å². The Morgan fingerprint density at radius 1 is 0.880 bits per heavy atom. The lowest BCUT2D eigenvalue weighted by Crippen LogP contribution is -2.10. The van der Waals surface area contributed by atoms with Crippen molar-refractivity contribution in [1.29, 1.82) is 0 Å². The molecule has 0 spiro atoms. The lowest BCUT2D eigenvalue weighted by Gasteiger charge is -2.19. The maximum Gasteiger partial charge on any atom is 0.135 e. The molecule has 2 heterocycles. The molecular weight excluding hydrogens is 310 g/mol. The minimum Gasteiger partial charge on any atom is -0.364 e. The molecule has 0 saturated carbocycles. The summed E-state index contributed by atoms with van der Waals surface area (Å²) in [6, 6.07) is 16.2. The molecule has 2 aromatic heterocycles. The van der Waals surface area contributed by atoms with Crippen LogP contribution in [0.1, 0.15) is 32.0 Å². The molecule has 0 saturated heterocycles. The molecule has 0 bridgehead atoms. The highest BCUT2D eigenvalue weighted by molar-refractivity contribution is 5.59. The molecule has 0 aliphatic carbocycles. The molecule has 3 aromatic rings. The molecule has 128 valence electrons. The Kier molecular flexibility index (Phi) is 4.93. The first kappa shape index (κ1) is 16.9. The monoisotopic (exact) mass is 333 g/mol. The molecule has 0 radical (unpaired) electrons. The van der Waals surface area contributed by atoms with Crippen LogP contribution in [0.15, 0.2) is 61.1 Å². The van der Waals surface area contributed by atoms with Gasteiger partial charge in [-0.3, -0.25) is 4.98 Å². The van der Waals surface area contributed by atoms with E-state index >= 15 is 0 Å². The first-order valence-electron chi connectivity index (χ1n) is 8.34. The van der Waals surface area contributed by atoms with Gasteiger partial charge in [0.1, 0.15) is 18.0 Å². The molecule has 1 aromatic carbocycles. The molecule has 5 heteroatoms. The van der Waals surface area contributed by atoms with Crippen LogP contribution in [0.4, 0.5) is 17.3 Å². The molecule has 5 nitrogen and oxygen atoms in total. The normalized spacial score (nSPS) is 11.2. The second-order valence-corrected chi connectivity index (χ2v) is 6.92. The van der Waals surface area contributed by atoms with E-state index in [1.165, 1.54) is 5.56 Å². The van der Waals surface area contributed by atoms with Gasteiger partial charge < -0.3 is 10.6 Å². The van der Waals surface area contributed by atoms with Crippen molar-refractivity contribution in [2.24, 2.45) is 0 Å². The zero-order valence-corrected chi connectivity index (χ0v) is 14.8. The zero-order chi connectivity index (χ0) is 17.7. The summed E-state index contributed by atoms with van der Waals surface area (Å²) < 4.78 is 0.